The van der Waals surface area contributed by atoms with Crippen LogP contribution in [0.4, 0.5) is 0 Å². The van der Waals surface area contributed by atoms with Crippen LogP contribution in [0.25, 0.3) is 0 Å². The number of hydrogen-bond acceptors (Lipinski definition) is 6. The van der Waals surface area contributed by atoms with Gasteiger partial charge in [-0.05, 0) is 47.7 Å². The van der Waals surface area contributed by atoms with E-state index in [1.165, 1.54) is 6.92 Å². The summed E-state index contributed by atoms with van der Waals surface area (Å²) in [4.78, 5) is 32.5. The normalized spacial score (nSPS) is 13.8. The highest BCUT2D eigenvalue weighted by Crippen LogP contribution is 2.30. The van der Waals surface area contributed by atoms with E-state index in [-0.39, 0.29) is 11.5 Å². The second-order valence-electron chi connectivity index (χ2n) is 6.78. The lowest BCUT2D eigenvalue weighted by Crippen LogP contribution is -2.17. The minimum absolute atomic E-state index is 0.213. The Bertz CT molecular complexity index is 1070. The van der Waals surface area contributed by atoms with Crippen molar-refractivity contribution in [3.63, 3.8) is 0 Å². The predicted molar refractivity (Wildman–Crippen MR) is 133 cm³/mol. The molecule has 2 aromatic carbocycles. The number of carbonyl (C=O) groups is 2. The van der Waals surface area contributed by atoms with Crippen LogP contribution in [-0.2, 0) is 14.4 Å². The molecule has 0 atom stereocenters. The highest BCUT2D eigenvalue weighted by atomic mass is 35.5. The molecular formula is C25H22ClNO3S2. The van der Waals surface area contributed by atoms with Crippen LogP contribution >= 0.6 is 35.1 Å². The van der Waals surface area contributed by atoms with Gasteiger partial charge in [0.1, 0.15) is 5.71 Å². The number of nitrogens with zero attached hydrogens (tertiary/aromatic N) is 1. The maximum absolute atomic E-state index is 13.1. The van der Waals surface area contributed by atoms with E-state index >= 15 is 0 Å². The van der Waals surface area contributed by atoms with E-state index in [9.17, 15) is 9.59 Å². The van der Waals surface area contributed by atoms with Gasteiger partial charge < -0.3 is 4.84 Å². The van der Waals surface area contributed by atoms with Crippen LogP contribution in [0.2, 0.25) is 5.02 Å². The van der Waals surface area contributed by atoms with E-state index in [1.807, 2.05) is 54.6 Å². The van der Waals surface area contributed by atoms with Gasteiger partial charge in [-0.3, -0.25) is 4.79 Å². The van der Waals surface area contributed by atoms with E-state index in [2.05, 4.69) is 17.3 Å². The number of ketones is 1. The summed E-state index contributed by atoms with van der Waals surface area (Å²) < 4.78 is 0. The van der Waals surface area contributed by atoms with Crippen molar-refractivity contribution < 1.29 is 14.4 Å². The van der Waals surface area contributed by atoms with Gasteiger partial charge in [0.2, 0.25) is 5.78 Å². The van der Waals surface area contributed by atoms with Gasteiger partial charge in [-0.15, -0.1) is 11.8 Å². The lowest BCUT2D eigenvalue weighted by atomic mass is 10.0. The zero-order valence-corrected chi connectivity index (χ0v) is 19.9. The molecule has 0 amide bonds. The molecule has 2 aromatic rings. The number of halogens is 1. The highest BCUT2D eigenvalue weighted by molar-refractivity contribution is 8.03. The van der Waals surface area contributed by atoms with Crippen LogP contribution in [0.1, 0.15) is 19.8 Å². The highest BCUT2D eigenvalue weighted by Gasteiger charge is 2.17. The fraction of sp³-hybridized carbons (Fsp3) is 0.160. The van der Waals surface area contributed by atoms with E-state index in [0.29, 0.717) is 22.8 Å². The van der Waals surface area contributed by atoms with Crippen LogP contribution in [0.15, 0.2) is 104 Å². The van der Waals surface area contributed by atoms with Crippen molar-refractivity contribution in [1.82, 2.24) is 0 Å². The van der Waals surface area contributed by atoms with Gasteiger partial charge in [-0.2, -0.15) is 0 Å². The quantitative estimate of drug-likeness (QED) is 0.168. The van der Waals surface area contributed by atoms with E-state index in [1.54, 1.807) is 35.7 Å². The number of allylic oxidation sites excluding steroid dienone is 6. The molecule has 0 unspecified atom stereocenters. The predicted octanol–water partition coefficient (Wildman–Crippen LogP) is 6.87. The lowest BCUT2D eigenvalue weighted by molar-refractivity contribution is -0.140. The van der Waals surface area contributed by atoms with Crippen molar-refractivity contribution in [3.05, 3.63) is 94.4 Å². The Balaban J connectivity index is 1.69. The molecule has 0 bridgehead atoms. The average Bonchev–Trinajstić information content (AvgIpc) is 3.03. The Morgan fingerprint density at radius 3 is 2.50 bits per heavy atom. The van der Waals surface area contributed by atoms with Crippen molar-refractivity contribution in [3.8, 4) is 0 Å². The molecule has 0 aromatic heterocycles. The summed E-state index contributed by atoms with van der Waals surface area (Å²) in [6.07, 6.45) is 8.61. The third kappa shape index (κ3) is 7.86. The number of hydrogen-bond donors (Lipinski definition) is 0. The molecule has 0 saturated carbocycles. The molecule has 164 valence electrons. The van der Waals surface area contributed by atoms with Gasteiger partial charge in [0.25, 0.3) is 0 Å². The maximum atomic E-state index is 13.1. The molecule has 0 spiro atoms. The number of rotatable bonds is 9. The zero-order chi connectivity index (χ0) is 22.8. The summed E-state index contributed by atoms with van der Waals surface area (Å²) >= 11 is 9.17. The van der Waals surface area contributed by atoms with Crippen LogP contribution in [0.3, 0.4) is 0 Å². The SMILES string of the molecule is CC(=O)O/N=C(\CCSc1ccc(Cl)cc1)C(=O)C1=CC=C(Sc2ccccc2)CC=C1. The molecule has 4 nitrogen and oxygen atoms in total. The minimum atomic E-state index is -0.563. The fourth-order valence-electron chi connectivity index (χ4n) is 2.76. The lowest BCUT2D eigenvalue weighted by Gasteiger charge is -2.06. The summed E-state index contributed by atoms with van der Waals surface area (Å²) in [6, 6.07) is 17.6. The Kier molecular flexibility index (Phi) is 9.41. The first-order valence-corrected chi connectivity index (χ1v) is 12.2. The number of oxime groups is 1. The largest absolute Gasteiger partial charge is 0.331 e. The summed E-state index contributed by atoms with van der Waals surface area (Å²) in [7, 11) is 0. The first-order chi connectivity index (χ1) is 15.5. The second-order valence-corrected chi connectivity index (χ2v) is 9.58. The number of benzene rings is 2. The number of thioether (sulfide) groups is 2. The standard InChI is InChI=1S/C25H22ClNO3S2/c1-18(28)30-27-24(16-17-31-21-14-11-20(26)12-15-21)25(29)19-6-5-9-23(13-10-19)32-22-7-3-2-4-8-22/h2-8,10-15H,9,16-17H2,1H3/b27-24+. The van der Waals surface area contributed by atoms with Crippen molar-refractivity contribution in [2.75, 3.05) is 5.75 Å². The molecule has 0 fully saturated rings. The molecule has 0 aliphatic heterocycles. The first kappa shape index (κ1) is 24.1. The van der Waals surface area contributed by atoms with Crippen molar-refractivity contribution in [2.45, 2.75) is 29.6 Å². The molecule has 0 radical (unpaired) electrons. The van der Waals surface area contributed by atoms with E-state index < -0.39 is 5.97 Å². The van der Waals surface area contributed by atoms with Gasteiger partial charge >= 0.3 is 5.97 Å². The first-order valence-electron chi connectivity index (χ1n) is 9.99. The Morgan fingerprint density at radius 1 is 1.03 bits per heavy atom. The van der Waals surface area contributed by atoms with Gasteiger partial charge in [-0.1, -0.05) is 71.0 Å². The summed E-state index contributed by atoms with van der Waals surface area (Å²) in [5, 5.41) is 4.52. The van der Waals surface area contributed by atoms with Crippen LogP contribution in [0, 0.1) is 0 Å². The number of Topliss-reactive ketones (excluding diaryl/α,β-unsaturated/α-hetero) is 1. The average molecular weight is 484 g/mol. The van der Waals surface area contributed by atoms with E-state index in [4.69, 9.17) is 16.4 Å². The third-order valence-electron chi connectivity index (χ3n) is 4.29. The summed E-state index contributed by atoms with van der Waals surface area (Å²) in [5.74, 6) is -0.205. The molecule has 7 heteroatoms. The Hall–Kier alpha value is -2.54. The third-order valence-corrected chi connectivity index (χ3v) is 6.63. The molecule has 3 rings (SSSR count). The molecule has 1 aliphatic carbocycles. The smallest absolute Gasteiger partial charge is 0.318 e. The number of carbonyl (C=O) groups excluding carboxylic acids is 2. The second kappa shape index (κ2) is 12.5. The van der Waals surface area contributed by atoms with Gasteiger partial charge in [0.15, 0.2) is 0 Å². The van der Waals surface area contributed by atoms with Gasteiger partial charge in [0.05, 0.1) is 0 Å². The molecule has 0 N–H and O–H groups in total. The molecule has 32 heavy (non-hydrogen) atoms. The molecule has 0 heterocycles. The van der Waals surface area contributed by atoms with Crippen LogP contribution in [-0.4, -0.2) is 23.2 Å². The summed E-state index contributed by atoms with van der Waals surface area (Å²) in [6.45, 7) is 1.26. The molecular weight excluding hydrogens is 462 g/mol. The summed E-state index contributed by atoms with van der Waals surface area (Å²) in [5.41, 5.74) is 0.723. The van der Waals surface area contributed by atoms with Crippen LogP contribution < -0.4 is 0 Å². The minimum Gasteiger partial charge on any atom is -0.318 e. The monoisotopic (exact) mass is 483 g/mol. The van der Waals surface area contributed by atoms with Crippen LogP contribution in [0.5, 0.6) is 0 Å². The van der Waals surface area contributed by atoms with Gasteiger partial charge in [-0.25, -0.2) is 4.79 Å². The molecule has 0 saturated heterocycles. The zero-order valence-electron chi connectivity index (χ0n) is 17.5. The topological polar surface area (TPSA) is 55.7 Å². The van der Waals surface area contributed by atoms with Crippen molar-refractivity contribution in [1.29, 1.82) is 0 Å². The Labute approximate surface area is 201 Å². The maximum Gasteiger partial charge on any atom is 0.331 e. The fourth-order valence-corrected chi connectivity index (χ4v) is 4.66. The van der Waals surface area contributed by atoms with Crippen molar-refractivity contribution >= 4 is 52.6 Å². The van der Waals surface area contributed by atoms with E-state index in [0.717, 1.165) is 21.1 Å². The van der Waals surface area contributed by atoms with Gasteiger partial charge in [0, 0.05) is 39.5 Å². The Morgan fingerprint density at radius 2 is 1.78 bits per heavy atom. The molecule has 1 aliphatic rings. The van der Waals surface area contributed by atoms with Crippen molar-refractivity contribution in [2.24, 2.45) is 5.16 Å².